The van der Waals surface area contributed by atoms with Crippen molar-refractivity contribution in [3.05, 3.63) is 0 Å². The average molecular weight is 217 g/mol. The molecule has 0 bridgehead atoms. The van der Waals surface area contributed by atoms with Crippen LogP contribution in [0.3, 0.4) is 0 Å². The molecule has 1 saturated heterocycles. The Hall–Kier alpha value is 0.270. The zero-order valence-corrected chi connectivity index (χ0v) is 10.4. The summed E-state index contributed by atoms with van der Waals surface area (Å²) in [5.41, 5.74) is 0. The summed E-state index contributed by atoms with van der Waals surface area (Å²) in [7, 11) is 2.13. The largest absolute Gasteiger partial charge is 0.391 e. The third kappa shape index (κ3) is 2.88. The van der Waals surface area contributed by atoms with Crippen molar-refractivity contribution in [2.45, 2.75) is 38.8 Å². The molecule has 1 N–H and O–H groups in total. The highest BCUT2D eigenvalue weighted by Gasteiger charge is 2.30. The van der Waals surface area contributed by atoms with Gasteiger partial charge < -0.3 is 5.11 Å². The number of nitrogens with zero attached hydrogens (tertiary/aromatic N) is 1. The summed E-state index contributed by atoms with van der Waals surface area (Å²) >= 11 is 1.97. The third-order valence-electron chi connectivity index (χ3n) is 3.37. The summed E-state index contributed by atoms with van der Waals surface area (Å²) in [6, 6.07) is 0.374. The highest BCUT2D eigenvalue weighted by Crippen LogP contribution is 2.24. The van der Waals surface area contributed by atoms with E-state index in [1.54, 1.807) is 0 Å². The lowest BCUT2D eigenvalue weighted by atomic mass is 9.91. The molecular formula is C11H23NOS. The Kier molecular flexibility index (Phi) is 5.28. The number of hydrogen-bond donors (Lipinski definition) is 1. The topological polar surface area (TPSA) is 23.5 Å². The van der Waals surface area contributed by atoms with Gasteiger partial charge in [-0.1, -0.05) is 26.7 Å². The van der Waals surface area contributed by atoms with E-state index in [2.05, 4.69) is 25.8 Å². The van der Waals surface area contributed by atoms with Crippen molar-refractivity contribution in [3.8, 4) is 0 Å². The molecule has 2 atom stereocenters. The first-order valence-corrected chi connectivity index (χ1v) is 6.82. The van der Waals surface area contributed by atoms with Gasteiger partial charge in [-0.05, 0) is 13.0 Å². The fourth-order valence-electron chi connectivity index (χ4n) is 2.15. The molecule has 84 valence electrons. The van der Waals surface area contributed by atoms with Gasteiger partial charge in [-0.25, -0.2) is 0 Å². The van der Waals surface area contributed by atoms with Crippen molar-refractivity contribution in [3.63, 3.8) is 0 Å². The van der Waals surface area contributed by atoms with Crippen molar-refractivity contribution in [2.75, 3.05) is 25.1 Å². The first kappa shape index (κ1) is 12.3. The number of thioether (sulfide) groups is 1. The Bertz CT molecular complexity index is 161. The lowest BCUT2D eigenvalue weighted by molar-refractivity contribution is 0.0273. The van der Waals surface area contributed by atoms with Gasteiger partial charge in [0.1, 0.15) is 0 Å². The summed E-state index contributed by atoms with van der Waals surface area (Å²) in [5.74, 6) is 2.78. The first-order chi connectivity index (χ1) is 6.70. The molecule has 0 spiro atoms. The monoisotopic (exact) mass is 217 g/mol. The fourth-order valence-corrected chi connectivity index (χ4v) is 3.43. The van der Waals surface area contributed by atoms with Gasteiger partial charge in [0.25, 0.3) is 0 Å². The van der Waals surface area contributed by atoms with Crippen LogP contribution in [-0.2, 0) is 0 Å². The van der Waals surface area contributed by atoms with Crippen LogP contribution in [0.5, 0.6) is 0 Å². The van der Waals surface area contributed by atoms with Crippen LogP contribution in [0.2, 0.25) is 0 Å². The predicted molar refractivity (Wildman–Crippen MR) is 63.8 cm³/mol. The highest BCUT2D eigenvalue weighted by molar-refractivity contribution is 7.99. The molecular weight excluding hydrogens is 194 g/mol. The van der Waals surface area contributed by atoms with Crippen molar-refractivity contribution < 1.29 is 5.11 Å². The van der Waals surface area contributed by atoms with Gasteiger partial charge in [-0.15, -0.1) is 0 Å². The van der Waals surface area contributed by atoms with Gasteiger partial charge in [0.2, 0.25) is 0 Å². The van der Waals surface area contributed by atoms with Crippen LogP contribution in [0.4, 0.5) is 0 Å². The molecule has 14 heavy (non-hydrogen) atoms. The minimum absolute atomic E-state index is 0.136. The summed E-state index contributed by atoms with van der Waals surface area (Å²) in [5, 5.41) is 10.2. The van der Waals surface area contributed by atoms with E-state index in [1.165, 1.54) is 5.75 Å². The van der Waals surface area contributed by atoms with Crippen LogP contribution in [-0.4, -0.2) is 47.3 Å². The van der Waals surface area contributed by atoms with Crippen LogP contribution < -0.4 is 0 Å². The van der Waals surface area contributed by atoms with E-state index in [4.69, 9.17) is 0 Å². The maximum atomic E-state index is 10.2. The maximum Gasteiger partial charge on any atom is 0.0731 e. The molecule has 0 aliphatic carbocycles. The number of rotatable bonds is 4. The standard InChI is InChI=1S/C11H23NOS/c1-4-9(5-2)11(13)10-8-14-7-6-12(10)3/h9-11,13H,4-8H2,1-3H3. The SMILES string of the molecule is CCC(CC)C(O)C1CSCCN1C. The fraction of sp³-hybridized carbons (Fsp3) is 1.00. The summed E-state index contributed by atoms with van der Waals surface area (Å²) in [4.78, 5) is 2.32. The van der Waals surface area contributed by atoms with Crippen LogP contribution in [0.1, 0.15) is 26.7 Å². The molecule has 1 heterocycles. The smallest absolute Gasteiger partial charge is 0.0731 e. The Balaban J connectivity index is 2.52. The van der Waals surface area contributed by atoms with Crippen LogP contribution in [0.15, 0.2) is 0 Å². The molecule has 1 rings (SSSR count). The van der Waals surface area contributed by atoms with E-state index >= 15 is 0 Å². The average Bonchev–Trinajstić information content (AvgIpc) is 2.20. The predicted octanol–water partition coefficient (Wildman–Crippen LogP) is 1.83. The third-order valence-corrected chi connectivity index (χ3v) is 4.42. The quantitative estimate of drug-likeness (QED) is 0.777. The van der Waals surface area contributed by atoms with Gasteiger partial charge in [-0.2, -0.15) is 11.8 Å². The van der Waals surface area contributed by atoms with Gasteiger partial charge in [-0.3, -0.25) is 4.90 Å². The van der Waals surface area contributed by atoms with Crippen LogP contribution >= 0.6 is 11.8 Å². The molecule has 1 fully saturated rings. The minimum atomic E-state index is -0.136. The molecule has 2 nitrogen and oxygen atoms in total. The van der Waals surface area contributed by atoms with E-state index < -0.39 is 0 Å². The number of likely N-dealkylation sites (N-methyl/N-ethyl adjacent to an activating group) is 1. The van der Waals surface area contributed by atoms with Crippen molar-refractivity contribution in [2.24, 2.45) is 5.92 Å². The molecule has 0 aromatic carbocycles. The molecule has 0 radical (unpaired) electrons. The van der Waals surface area contributed by atoms with Gasteiger partial charge >= 0.3 is 0 Å². The molecule has 1 aliphatic heterocycles. The highest BCUT2D eigenvalue weighted by atomic mass is 32.2. The second-order valence-electron chi connectivity index (χ2n) is 4.19. The van der Waals surface area contributed by atoms with Crippen LogP contribution in [0, 0.1) is 5.92 Å². The van der Waals surface area contributed by atoms with E-state index in [1.807, 2.05) is 11.8 Å². The maximum absolute atomic E-state index is 10.2. The van der Waals surface area contributed by atoms with E-state index in [0.29, 0.717) is 12.0 Å². The lowest BCUT2D eigenvalue weighted by Crippen LogP contribution is -2.49. The summed E-state index contributed by atoms with van der Waals surface area (Å²) in [6.07, 6.45) is 2.04. The van der Waals surface area contributed by atoms with Crippen molar-refractivity contribution >= 4 is 11.8 Å². The number of aliphatic hydroxyl groups is 1. The van der Waals surface area contributed by atoms with E-state index in [0.717, 1.165) is 25.1 Å². The number of hydrogen-bond acceptors (Lipinski definition) is 3. The number of aliphatic hydroxyl groups excluding tert-OH is 1. The Morgan fingerprint density at radius 3 is 2.57 bits per heavy atom. The Labute approximate surface area is 92.1 Å². The van der Waals surface area contributed by atoms with Crippen molar-refractivity contribution in [1.82, 2.24) is 4.90 Å². The molecule has 0 aromatic heterocycles. The summed E-state index contributed by atoms with van der Waals surface area (Å²) in [6.45, 7) is 5.47. The second-order valence-corrected chi connectivity index (χ2v) is 5.34. The van der Waals surface area contributed by atoms with Gasteiger partial charge in [0, 0.05) is 24.1 Å². The molecule has 0 saturated carbocycles. The normalized spacial score (nSPS) is 26.8. The summed E-state index contributed by atoms with van der Waals surface area (Å²) < 4.78 is 0. The Morgan fingerprint density at radius 2 is 2.07 bits per heavy atom. The van der Waals surface area contributed by atoms with E-state index in [9.17, 15) is 5.11 Å². The van der Waals surface area contributed by atoms with Gasteiger partial charge in [0.15, 0.2) is 0 Å². The molecule has 0 amide bonds. The van der Waals surface area contributed by atoms with Crippen LogP contribution in [0.25, 0.3) is 0 Å². The Morgan fingerprint density at radius 1 is 1.43 bits per heavy atom. The zero-order chi connectivity index (χ0) is 10.6. The second kappa shape index (κ2) is 5.99. The molecule has 2 unspecified atom stereocenters. The van der Waals surface area contributed by atoms with Gasteiger partial charge in [0.05, 0.1) is 6.10 Å². The molecule has 0 aromatic rings. The molecule has 1 aliphatic rings. The molecule has 3 heteroatoms. The first-order valence-electron chi connectivity index (χ1n) is 5.66. The lowest BCUT2D eigenvalue weighted by Gasteiger charge is -2.38. The van der Waals surface area contributed by atoms with E-state index in [-0.39, 0.29) is 6.10 Å². The zero-order valence-electron chi connectivity index (χ0n) is 9.57. The minimum Gasteiger partial charge on any atom is -0.391 e. The van der Waals surface area contributed by atoms with Crippen molar-refractivity contribution in [1.29, 1.82) is 0 Å².